The van der Waals surface area contributed by atoms with Crippen LogP contribution in [0.4, 0.5) is 0 Å². The second kappa shape index (κ2) is 8.68. The van der Waals surface area contributed by atoms with Crippen LogP contribution in [0, 0.1) is 0 Å². The Morgan fingerprint density at radius 3 is 2.67 bits per heavy atom. The monoisotopic (exact) mass is 174 g/mol. The predicted molar refractivity (Wildman–Crippen MR) is 47.1 cm³/mol. The summed E-state index contributed by atoms with van der Waals surface area (Å²) in [6.45, 7) is 2.95. The molecule has 1 N–H and O–H groups in total. The van der Waals surface area contributed by atoms with E-state index < -0.39 is 0 Å². The zero-order valence-electron chi connectivity index (χ0n) is 7.71. The van der Waals surface area contributed by atoms with Crippen molar-refractivity contribution < 1.29 is 14.6 Å². The first kappa shape index (κ1) is 11.6. The molecular weight excluding hydrogens is 156 g/mol. The first-order valence-corrected chi connectivity index (χ1v) is 4.51. The van der Waals surface area contributed by atoms with Crippen molar-refractivity contribution in [3.63, 3.8) is 0 Å². The van der Waals surface area contributed by atoms with Crippen molar-refractivity contribution >= 4 is 5.78 Å². The second-order valence-corrected chi connectivity index (χ2v) is 2.73. The number of aliphatic hydroxyl groups is 1. The summed E-state index contributed by atoms with van der Waals surface area (Å²) in [5.41, 5.74) is 0. The van der Waals surface area contributed by atoms with E-state index in [9.17, 15) is 4.79 Å². The Labute approximate surface area is 73.7 Å². The fraction of sp³-hybridized carbons (Fsp3) is 0.889. The number of Topliss-reactive ketones (excluding diaryl/α,β-unsaturated/α-hetero) is 1. The first-order valence-electron chi connectivity index (χ1n) is 4.51. The van der Waals surface area contributed by atoms with Gasteiger partial charge in [0, 0.05) is 19.6 Å². The standard InChI is InChI=1S/C9H18O3/c1-2-9(11)8-12-7-5-3-4-6-10/h10H,2-8H2,1H3. The van der Waals surface area contributed by atoms with Crippen molar-refractivity contribution in [1.82, 2.24) is 0 Å². The first-order chi connectivity index (χ1) is 5.81. The van der Waals surface area contributed by atoms with Gasteiger partial charge in [-0.1, -0.05) is 6.92 Å². The van der Waals surface area contributed by atoms with E-state index in [1.807, 2.05) is 6.92 Å². The summed E-state index contributed by atoms with van der Waals surface area (Å²) < 4.78 is 5.10. The van der Waals surface area contributed by atoms with Gasteiger partial charge >= 0.3 is 0 Å². The quantitative estimate of drug-likeness (QED) is 0.561. The van der Waals surface area contributed by atoms with E-state index in [1.165, 1.54) is 0 Å². The topological polar surface area (TPSA) is 46.5 Å². The molecule has 0 aromatic carbocycles. The van der Waals surface area contributed by atoms with Crippen molar-refractivity contribution in [2.45, 2.75) is 32.6 Å². The smallest absolute Gasteiger partial charge is 0.158 e. The van der Waals surface area contributed by atoms with Gasteiger partial charge in [0.15, 0.2) is 5.78 Å². The third-order valence-corrected chi connectivity index (χ3v) is 1.60. The minimum absolute atomic E-state index is 0.150. The van der Waals surface area contributed by atoms with Crippen molar-refractivity contribution in [3.8, 4) is 0 Å². The van der Waals surface area contributed by atoms with Crippen LogP contribution in [0.5, 0.6) is 0 Å². The number of hydrogen-bond donors (Lipinski definition) is 1. The van der Waals surface area contributed by atoms with E-state index in [-0.39, 0.29) is 19.0 Å². The third-order valence-electron chi connectivity index (χ3n) is 1.60. The molecule has 0 atom stereocenters. The van der Waals surface area contributed by atoms with Gasteiger partial charge in [-0.3, -0.25) is 4.79 Å². The minimum Gasteiger partial charge on any atom is -0.396 e. The maximum Gasteiger partial charge on any atom is 0.158 e. The molecular formula is C9H18O3. The van der Waals surface area contributed by atoms with Gasteiger partial charge in [-0.05, 0) is 19.3 Å². The minimum atomic E-state index is 0.150. The van der Waals surface area contributed by atoms with Crippen molar-refractivity contribution in [2.75, 3.05) is 19.8 Å². The number of carbonyl (C=O) groups excluding carboxylic acids is 1. The highest BCUT2D eigenvalue weighted by molar-refractivity contribution is 5.79. The fourth-order valence-corrected chi connectivity index (χ4v) is 0.781. The van der Waals surface area contributed by atoms with E-state index in [0.717, 1.165) is 19.3 Å². The van der Waals surface area contributed by atoms with Crippen molar-refractivity contribution in [3.05, 3.63) is 0 Å². The van der Waals surface area contributed by atoms with Crippen molar-refractivity contribution in [1.29, 1.82) is 0 Å². The van der Waals surface area contributed by atoms with Crippen LogP contribution < -0.4 is 0 Å². The molecule has 0 aliphatic heterocycles. The Balaban J connectivity index is 2.95. The molecule has 0 amide bonds. The Morgan fingerprint density at radius 1 is 1.33 bits per heavy atom. The summed E-state index contributed by atoms with van der Waals surface area (Å²) in [6.07, 6.45) is 3.27. The van der Waals surface area contributed by atoms with Crippen LogP contribution in [0.1, 0.15) is 32.6 Å². The zero-order chi connectivity index (χ0) is 9.23. The molecule has 0 unspecified atom stereocenters. The predicted octanol–water partition coefficient (Wildman–Crippen LogP) is 1.14. The Hall–Kier alpha value is -0.410. The molecule has 0 bridgehead atoms. The highest BCUT2D eigenvalue weighted by Gasteiger charge is 1.96. The normalized spacial score (nSPS) is 10.2. The number of hydrogen-bond acceptors (Lipinski definition) is 3. The van der Waals surface area contributed by atoms with Crippen molar-refractivity contribution in [2.24, 2.45) is 0 Å². The van der Waals surface area contributed by atoms with E-state index in [1.54, 1.807) is 0 Å². The van der Waals surface area contributed by atoms with Gasteiger partial charge in [0.05, 0.1) is 0 Å². The molecule has 0 radical (unpaired) electrons. The molecule has 0 saturated carbocycles. The molecule has 72 valence electrons. The maximum atomic E-state index is 10.7. The van der Waals surface area contributed by atoms with Gasteiger partial charge in [-0.25, -0.2) is 0 Å². The van der Waals surface area contributed by atoms with Crippen LogP contribution in [0.25, 0.3) is 0 Å². The molecule has 0 aromatic heterocycles. The lowest BCUT2D eigenvalue weighted by Gasteiger charge is -2.01. The van der Waals surface area contributed by atoms with Gasteiger partial charge < -0.3 is 9.84 Å². The molecule has 0 heterocycles. The van der Waals surface area contributed by atoms with Crippen LogP contribution in [-0.2, 0) is 9.53 Å². The lowest BCUT2D eigenvalue weighted by molar-refractivity contribution is -0.123. The number of rotatable bonds is 8. The molecule has 0 aliphatic carbocycles. The van der Waals surface area contributed by atoms with Gasteiger partial charge in [0.25, 0.3) is 0 Å². The summed E-state index contributed by atoms with van der Waals surface area (Å²) >= 11 is 0. The lowest BCUT2D eigenvalue weighted by atomic mass is 10.2. The van der Waals surface area contributed by atoms with Crippen LogP contribution >= 0.6 is 0 Å². The summed E-state index contributed by atoms with van der Waals surface area (Å²) in [5, 5.41) is 8.45. The van der Waals surface area contributed by atoms with Crippen LogP contribution in [0.3, 0.4) is 0 Å². The van der Waals surface area contributed by atoms with Gasteiger partial charge in [-0.15, -0.1) is 0 Å². The number of aliphatic hydroxyl groups excluding tert-OH is 1. The number of ether oxygens (including phenoxy) is 1. The summed E-state index contributed by atoms with van der Waals surface area (Å²) in [6, 6.07) is 0. The van der Waals surface area contributed by atoms with Crippen LogP contribution in [-0.4, -0.2) is 30.7 Å². The second-order valence-electron chi connectivity index (χ2n) is 2.73. The fourth-order valence-electron chi connectivity index (χ4n) is 0.781. The third kappa shape index (κ3) is 7.69. The molecule has 3 heteroatoms. The summed E-state index contributed by atoms with van der Waals surface area (Å²) in [5.74, 6) is 0.150. The largest absolute Gasteiger partial charge is 0.396 e. The molecule has 0 aliphatic rings. The molecule has 12 heavy (non-hydrogen) atoms. The van der Waals surface area contributed by atoms with Crippen LogP contribution in [0.2, 0.25) is 0 Å². The van der Waals surface area contributed by atoms with Crippen LogP contribution in [0.15, 0.2) is 0 Å². The average molecular weight is 174 g/mol. The lowest BCUT2D eigenvalue weighted by Crippen LogP contribution is -2.07. The van der Waals surface area contributed by atoms with Gasteiger partial charge in [0.1, 0.15) is 6.61 Å². The number of unbranched alkanes of at least 4 members (excludes halogenated alkanes) is 2. The zero-order valence-corrected chi connectivity index (χ0v) is 7.71. The highest BCUT2D eigenvalue weighted by Crippen LogP contribution is 1.94. The Bertz CT molecular complexity index is 112. The highest BCUT2D eigenvalue weighted by atomic mass is 16.5. The average Bonchev–Trinajstić information content (AvgIpc) is 2.10. The molecule has 0 fully saturated rings. The Kier molecular flexibility index (Phi) is 8.39. The van der Waals surface area contributed by atoms with E-state index in [0.29, 0.717) is 13.0 Å². The number of carbonyl (C=O) groups is 1. The van der Waals surface area contributed by atoms with E-state index >= 15 is 0 Å². The molecule has 0 rings (SSSR count). The van der Waals surface area contributed by atoms with E-state index in [2.05, 4.69) is 0 Å². The Morgan fingerprint density at radius 2 is 2.08 bits per heavy atom. The van der Waals surface area contributed by atoms with Gasteiger partial charge in [-0.2, -0.15) is 0 Å². The SMILES string of the molecule is CCC(=O)COCCCCCO. The molecule has 0 saturated heterocycles. The molecule has 0 aromatic rings. The number of ketones is 1. The summed E-state index contributed by atoms with van der Waals surface area (Å²) in [7, 11) is 0. The molecule has 0 spiro atoms. The van der Waals surface area contributed by atoms with Gasteiger partial charge in [0.2, 0.25) is 0 Å². The maximum absolute atomic E-state index is 10.7. The summed E-state index contributed by atoms with van der Waals surface area (Å²) in [4.78, 5) is 10.7. The molecule has 3 nitrogen and oxygen atoms in total. The van der Waals surface area contributed by atoms with E-state index in [4.69, 9.17) is 9.84 Å².